The normalized spacial score (nSPS) is 26.2. The largest absolute Gasteiger partial charge is 0.381 e. The van der Waals surface area contributed by atoms with E-state index in [2.05, 4.69) is 51.3 Å². The van der Waals surface area contributed by atoms with Crippen LogP contribution in [-0.2, 0) is 11.2 Å². The molecule has 0 radical (unpaired) electrons. The molecule has 3 aliphatic rings. The quantitative estimate of drug-likeness (QED) is 0.419. The molecule has 1 N–H and O–H groups in total. The van der Waals surface area contributed by atoms with E-state index in [9.17, 15) is 0 Å². The first kappa shape index (κ1) is 19.7. The van der Waals surface area contributed by atoms with Gasteiger partial charge in [0.15, 0.2) is 5.96 Å². The van der Waals surface area contributed by atoms with Crippen molar-refractivity contribution in [2.24, 2.45) is 10.4 Å². The molecule has 1 aromatic carbocycles. The van der Waals surface area contributed by atoms with Gasteiger partial charge in [0, 0.05) is 57.0 Å². The molecule has 3 heterocycles. The lowest BCUT2D eigenvalue weighted by Gasteiger charge is -2.30. The standard InChI is InChI=1S/C20H30N4O.HI/c1-16(24-10-7-17-5-3-4-6-18(17)24)13-22-19(21-2)23-11-8-20(14-23)9-12-25-15-20;/h3-6,16H,7-15H2,1-2H3,(H,21,22);1H. The molecule has 1 spiro atoms. The molecule has 0 saturated carbocycles. The Labute approximate surface area is 174 Å². The van der Waals surface area contributed by atoms with Gasteiger partial charge in [-0.3, -0.25) is 4.99 Å². The van der Waals surface area contributed by atoms with Crippen LogP contribution in [-0.4, -0.2) is 63.3 Å². The number of para-hydroxylation sites is 1. The molecular formula is C20H31IN4O. The number of rotatable bonds is 3. The van der Waals surface area contributed by atoms with E-state index in [4.69, 9.17) is 4.74 Å². The average molecular weight is 470 g/mol. The van der Waals surface area contributed by atoms with Gasteiger partial charge in [-0.1, -0.05) is 18.2 Å². The van der Waals surface area contributed by atoms with E-state index in [-0.39, 0.29) is 24.0 Å². The topological polar surface area (TPSA) is 40.1 Å². The maximum Gasteiger partial charge on any atom is 0.193 e. The molecule has 5 nitrogen and oxygen atoms in total. The third-order valence-corrected chi connectivity index (χ3v) is 6.15. The van der Waals surface area contributed by atoms with E-state index in [1.54, 1.807) is 0 Å². The summed E-state index contributed by atoms with van der Waals surface area (Å²) in [6, 6.07) is 9.23. The Balaban J connectivity index is 0.00000196. The van der Waals surface area contributed by atoms with Gasteiger partial charge in [-0.15, -0.1) is 24.0 Å². The van der Waals surface area contributed by atoms with Gasteiger partial charge in [0.1, 0.15) is 0 Å². The van der Waals surface area contributed by atoms with E-state index in [0.717, 1.165) is 51.8 Å². The summed E-state index contributed by atoms with van der Waals surface area (Å²) < 4.78 is 5.65. The molecule has 0 amide bonds. The van der Waals surface area contributed by atoms with Crippen molar-refractivity contribution in [1.82, 2.24) is 10.2 Å². The van der Waals surface area contributed by atoms with Crippen molar-refractivity contribution < 1.29 is 4.74 Å². The van der Waals surface area contributed by atoms with Crippen LogP contribution in [0.15, 0.2) is 29.3 Å². The number of nitrogens with zero attached hydrogens (tertiary/aromatic N) is 3. The second kappa shape index (κ2) is 8.33. The third kappa shape index (κ3) is 3.81. The summed E-state index contributed by atoms with van der Waals surface area (Å²) in [5.74, 6) is 1.04. The van der Waals surface area contributed by atoms with Crippen LogP contribution >= 0.6 is 24.0 Å². The molecule has 3 aliphatic heterocycles. The predicted molar refractivity (Wildman–Crippen MR) is 118 cm³/mol. The molecule has 26 heavy (non-hydrogen) atoms. The van der Waals surface area contributed by atoms with Gasteiger partial charge in [0.05, 0.1) is 6.61 Å². The van der Waals surface area contributed by atoms with Crippen molar-refractivity contribution in [3.8, 4) is 0 Å². The summed E-state index contributed by atoms with van der Waals surface area (Å²) in [5.41, 5.74) is 3.24. The number of benzene rings is 1. The fourth-order valence-corrected chi connectivity index (χ4v) is 4.59. The fraction of sp³-hybridized carbons (Fsp3) is 0.650. The summed E-state index contributed by atoms with van der Waals surface area (Å²) in [7, 11) is 1.90. The zero-order valence-corrected chi connectivity index (χ0v) is 18.2. The Morgan fingerprint density at radius 2 is 2.15 bits per heavy atom. The highest BCUT2D eigenvalue weighted by Crippen LogP contribution is 2.38. The van der Waals surface area contributed by atoms with Crippen LogP contribution in [0.5, 0.6) is 0 Å². The highest BCUT2D eigenvalue weighted by Gasteiger charge is 2.42. The maximum absolute atomic E-state index is 5.65. The summed E-state index contributed by atoms with van der Waals surface area (Å²) in [6.45, 7) is 8.34. The Kier molecular flexibility index (Phi) is 6.33. The van der Waals surface area contributed by atoms with Crippen LogP contribution in [0, 0.1) is 5.41 Å². The number of ether oxygens (including phenoxy) is 1. The second-order valence-electron chi connectivity index (χ2n) is 7.82. The fourth-order valence-electron chi connectivity index (χ4n) is 4.59. The molecule has 2 fully saturated rings. The first-order valence-electron chi connectivity index (χ1n) is 9.59. The molecule has 0 aliphatic carbocycles. The molecule has 4 rings (SSSR count). The lowest BCUT2D eigenvalue weighted by Crippen LogP contribution is -2.47. The van der Waals surface area contributed by atoms with Crippen LogP contribution < -0.4 is 10.2 Å². The van der Waals surface area contributed by atoms with E-state index < -0.39 is 0 Å². The molecule has 2 saturated heterocycles. The molecular weight excluding hydrogens is 439 g/mol. The Morgan fingerprint density at radius 3 is 2.92 bits per heavy atom. The van der Waals surface area contributed by atoms with Gasteiger partial charge < -0.3 is 19.9 Å². The van der Waals surface area contributed by atoms with Crippen LogP contribution in [0.3, 0.4) is 0 Å². The van der Waals surface area contributed by atoms with Crippen molar-refractivity contribution in [2.45, 2.75) is 32.2 Å². The van der Waals surface area contributed by atoms with Gasteiger partial charge in [0.2, 0.25) is 0 Å². The highest BCUT2D eigenvalue weighted by molar-refractivity contribution is 14.0. The number of hydrogen-bond donors (Lipinski definition) is 1. The minimum Gasteiger partial charge on any atom is -0.381 e. The Morgan fingerprint density at radius 1 is 1.31 bits per heavy atom. The lowest BCUT2D eigenvalue weighted by atomic mass is 9.87. The van der Waals surface area contributed by atoms with Crippen molar-refractivity contribution >= 4 is 35.6 Å². The Hall–Kier alpha value is -1.02. The van der Waals surface area contributed by atoms with Crippen LogP contribution in [0.25, 0.3) is 0 Å². The van der Waals surface area contributed by atoms with Crippen molar-refractivity contribution in [3.63, 3.8) is 0 Å². The molecule has 6 heteroatoms. The van der Waals surface area contributed by atoms with Crippen LogP contribution in [0.4, 0.5) is 5.69 Å². The molecule has 2 unspecified atom stereocenters. The molecule has 144 valence electrons. The average Bonchev–Trinajstić information content (AvgIpc) is 3.36. The van der Waals surface area contributed by atoms with Crippen molar-refractivity contribution in [3.05, 3.63) is 29.8 Å². The summed E-state index contributed by atoms with van der Waals surface area (Å²) in [6.07, 6.45) is 3.58. The number of halogens is 1. The second-order valence-corrected chi connectivity index (χ2v) is 7.82. The van der Waals surface area contributed by atoms with E-state index in [1.165, 1.54) is 24.1 Å². The number of aliphatic imine (C=N–C) groups is 1. The lowest BCUT2D eigenvalue weighted by molar-refractivity contribution is 0.156. The minimum atomic E-state index is 0. The number of nitrogens with one attached hydrogen (secondary N) is 1. The van der Waals surface area contributed by atoms with Gasteiger partial charge >= 0.3 is 0 Å². The number of hydrogen-bond acceptors (Lipinski definition) is 3. The van der Waals surface area contributed by atoms with E-state index in [0.29, 0.717) is 11.5 Å². The predicted octanol–water partition coefficient (Wildman–Crippen LogP) is 2.74. The van der Waals surface area contributed by atoms with Gasteiger partial charge in [-0.05, 0) is 37.8 Å². The molecule has 0 aromatic heterocycles. The number of likely N-dealkylation sites (tertiary alicyclic amines) is 1. The number of guanidine groups is 1. The van der Waals surface area contributed by atoms with E-state index >= 15 is 0 Å². The minimum absolute atomic E-state index is 0. The van der Waals surface area contributed by atoms with Gasteiger partial charge in [-0.25, -0.2) is 0 Å². The van der Waals surface area contributed by atoms with Crippen LogP contribution in [0.1, 0.15) is 25.3 Å². The smallest absolute Gasteiger partial charge is 0.193 e. The summed E-state index contributed by atoms with van der Waals surface area (Å²) in [5, 5.41) is 3.62. The molecule has 2 atom stereocenters. The van der Waals surface area contributed by atoms with Crippen molar-refractivity contribution in [2.75, 3.05) is 51.3 Å². The zero-order chi connectivity index (χ0) is 17.3. The SMILES string of the molecule is CN=C(NCC(C)N1CCc2ccccc21)N1CCC2(CCOC2)C1.I. The number of fused-ring (bicyclic) bond motifs is 1. The summed E-state index contributed by atoms with van der Waals surface area (Å²) in [4.78, 5) is 9.48. The Bertz CT molecular complexity index is 644. The van der Waals surface area contributed by atoms with Gasteiger partial charge in [0.25, 0.3) is 0 Å². The first-order valence-corrected chi connectivity index (χ1v) is 9.59. The van der Waals surface area contributed by atoms with E-state index in [1.807, 2.05) is 7.05 Å². The number of anilines is 1. The summed E-state index contributed by atoms with van der Waals surface area (Å²) >= 11 is 0. The van der Waals surface area contributed by atoms with Crippen LogP contribution in [0.2, 0.25) is 0 Å². The van der Waals surface area contributed by atoms with Crippen molar-refractivity contribution in [1.29, 1.82) is 0 Å². The molecule has 1 aromatic rings. The first-order chi connectivity index (χ1) is 12.2. The monoisotopic (exact) mass is 470 g/mol. The zero-order valence-electron chi connectivity index (χ0n) is 15.9. The van der Waals surface area contributed by atoms with Gasteiger partial charge in [-0.2, -0.15) is 0 Å². The highest BCUT2D eigenvalue weighted by atomic mass is 127. The molecule has 0 bridgehead atoms. The maximum atomic E-state index is 5.65. The third-order valence-electron chi connectivity index (χ3n) is 6.15.